The van der Waals surface area contributed by atoms with Gasteiger partial charge >= 0.3 is 0 Å². The average molecular weight is 194 g/mol. The van der Waals surface area contributed by atoms with E-state index in [0.29, 0.717) is 5.56 Å². The number of nitrogens with one attached hydrogen (secondary N) is 1. The first-order valence-electron chi connectivity index (χ1n) is 4.38. The first-order valence-corrected chi connectivity index (χ1v) is 4.38. The fourth-order valence-electron chi connectivity index (χ4n) is 0.960. The zero-order chi connectivity index (χ0) is 10.8. The van der Waals surface area contributed by atoms with Gasteiger partial charge in [-0.05, 0) is 39.0 Å². The summed E-state index contributed by atoms with van der Waals surface area (Å²) in [6.07, 6.45) is 0. The highest BCUT2D eigenvalue weighted by molar-refractivity contribution is 5.94. The van der Waals surface area contributed by atoms with E-state index in [1.54, 1.807) is 0 Å². The summed E-state index contributed by atoms with van der Waals surface area (Å²) in [6.45, 7) is 5.66. The Hall–Kier alpha value is -1.38. The lowest BCUT2D eigenvalue weighted by Gasteiger charge is -2.20. The molecule has 0 atom stereocenters. The van der Waals surface area contributed by atoms with Gasteiger partial charge in [0.1, 0.15) is 5.82 Å². The maximum atomic E-state index is 12.5. The van der Waals surface area contributed by atoms with Gasteiger partial charge in [0, 0.05) is 17.2 Å². The van der Waals surface area contributed by atoms with Gasteiger partial charge in [0.05, 0.1) is 0 Å². The minimum Gasteiger partial charge on any atom is -0.347 e. The van der Waals surface area contributed by atoms with Crippen LogP contribution < -0.4 is 5.32 Å². The largest absolute Gasteiger partial charge is 0.347 e. The van der Waals surface area contributed by atoms with Gasteiger partial charge in [0.15, 0.2) is 0 Å². The smallest absolute Gasteiger partial charge is 0.251 e. The van der Waals surface area contributed by atoms with Gasteiger partial charge in [0.2, 0.25) is 0 Å². The molecule has 0 heterocycles. The lowest BCUT2D eigenvalue weighted by molar-refractivity contribution is 0.0919. The Kier molecular flexibility index (Phi) is 2.89. The molecule has 0 aromatic heterocycles. The molecule has 0 saturated heterocycles. The number of benzene rings is 1. The van der Waals surface area contributed by atoms with Crippen molar-refractivity contribution >= 4 is 5.91 Å². The van der Waals surface area contributed by atoms with Crippen molar-refractivity contribution in [3.63, 3.8) is 0 Å². The van der Waals surface area contributed by atoms with Crippen molar-refractivity contribution < 1.29 is 9.18 Å². The third kappa shape index (κ3) is 3.17. The van der Waals surface area contributed by atoms with E-state index in [4.69, 9.17) is 0 Å². The molecule has 0 unspecified atom stereocenters. The van der Waals surface area contributed by atoms with Crippen molar-refractivity contribution in [2.75, 3.05) is 0 Å². The third-order valence-corrected chi connectivity index (χ3v) is 1.53. The summed E-state index contributed by atoms with van der Waals surface area (Å²) in [5.41, 5.74) is 0.132. The Morgan fingerprint density at radius 1 is 1.43 bits per heavy atom. The highest BCUT2D eigenvalue weighted by Crippen LogP contribution is 2.05. The van der Waals surface area contributed by atoms with Crippen molar-refractivity contribution in [1.29, 1.82) is 0 Å². The van der Waals surface area contributed by atoms with Crippen LogP contribution in [0.1, 0.15) is 31.1 Å². The molecular formula is C11H13FNO. The number of rotatable bonds is 1. The van der Waals surface area contributed by atoms with E-state index in [1.807, 2.05) is 20.8 Å². The van der Waals surface area contributed by atoms with E-state index in [2.05, 4.69) is 11.4 Å². The Labute approximate surface area is 83.1 Å². The van der Waals surface area contributed by atoms with E-state index < -0.39 is 5.82 Å². The Bertz CT molecular complexity index is 324. The molecule has 2 nitrogen and oxygen atoms in total. The van der Waals surface area contributed by atoms with Crippen LogP contribution in [0.3, 0.4) is 0 Å². The highest BCUT2D eigenvalue weighted by atomic mass is 19.1. The van der Waals surface area contributed by atoms with E-state index in [9.17, 15) is 9.18 Å². The van der Waals surface area contributed by atoms with Crippen LogP contribution >= 0.6 is 0 Å². The molecule has 0 fully saturated rings. The SMILES string of the molecule is CC(C)(C)NC(=O)c1c[c]c(F)cc1. The lowest BCUT2D eigenvalue weighted by Crippen LogP contribution is -2.40. The Morgan fingerprint density at radius 2 is 2.07 bits per heavy atom. The van der Waals surface area contributed by atoms with Crippen LogP contribution in [0.5, 0.6) is 0 Å². The van der Waals surface area contributed by atoms with E-state index in [1.165, 1.54) is 18.2 Å². The number of hydrogen-bond acceptors (Lipinski definition) is 1. The van der Waals surface area contributed by atoms with Crippen LogP contribution in [0, 0.1) is 11.9 Å². The number of hydrogen-bond donors (Lipinski definition) is 1. The monoisotopic (exact) mass is 194 g/mol. The number of carbonyl (C=O) groups excluding carboxylic acids is 1. The molecule has 3 heteroatoms. The van der Waals surface area contributed by atoms with Crippen LogP contribution in [0.4, 0.5) is 4.39 Å². The molecule has 1 aromatic carbocycles. The Balaban J connectivity index is 2.76. The molecule has 14 heavy (non-hydrogen) atoms. The molecule has 1 amide bonds. The molecule has 1 radical (unpaired) electrons. The van der Waals surface area contributed by atoms with Crippen LogP contribution in [-0.4, -0.2) is 11.4 Å². The molecular weight excluding hydrogens is 181 g/mol. The first-order chi connectivity index (χ1) is 6.38. The van der Waals surface area contributed by atoms with Gasteiger partial charge in [0.25, 0.3) is 5.91 Å². The number of carbonyl (C=O) groups is 1. The van der Waals surface area contributed by atoms with Crippen LogP contribution in [-0.2, 0) is 0 Å². The van der Waals surface area contributed by atoms with Crippen molar-refractivity contribution in [2.45, 2.75) is 26.3 Å². The fourth-order valence-corrected chi connectivity index (χ4v) is 0.960. The summed E-state index contributed by atoms with van der Waals surface area (Å²) in [6, 6.07) is 6.34. The van der Waals surface area contributed by atoms with E-state index in [0.717, 1.165) is 0 Å². The van der Waals surface area contributed by atoms with Gasteiger partial charge in [-0.15, -0.1) is 0 Å². The summed E-state index contributed by atoms with van der Waals surface area (Å²) in [4.78, 5) is 11.5. The molecule has 0 saturated carbocycles. The predicted octanol–water partition coefficient (Wildman–Crippen LogP) is 2.15. The van der Waals surface area contributed by atoms with Gasteiger partial charge in [-0.2, -0.15) is 0 Å². The minimum absolute atomic E-state index is 0.214. The Morgan fingerprint density at radius 3 is 2.50 bits per heavy atom. The molecule has 0 aliphatic heterocycles. The van der Waals surface area contributed by atoms with E-state index >= 15 is 0 Å². The van der Waals surface area contributed by atoms with Crippen LogP contribution in [0.2, 0.25) is 0 Å². The van der Waals surface area contributed by atoms with E-state index in [-0.39, 0.29) is 11.4 Å². The molecule has 0 aliphatic rings. The second kappa shape index (κ2) is 3.78. The molecule has 1 N–H and O–H groups in total. The van der Waals surface area contributed by atoms with Gasteiger partial charge in [-0.1, -0.05) is 0 Å². The number of amides is 1. The maximum Gasteiger partial charge on any atom is 0.251 e. The molecule has 75 valence electrons. The van der Waals surface area contributed by atoms with Crippen molar-refractivity contribution in [3.05, 3.63) is 35.6 Å². The van der Waals surface area contributed by atoms with Crippen molar-refractivity contribution in [2.24, 2.45) is 0 Å². The predicted molar refractivity (Wildman–Crippen MR) is 52.5 cm³/mol. The van der Waals surface area contributed by atoms with Gasteiger partial charge in [-0.25, -0.2) is 4.39 Å². The number of halogens is 1. The lowest BCUT2D eigenvalue weighted by atomic mass is 10.1. The highest BCUT2D eigenvalue weighted by Gasteiger charge is 2.14. The summed E-state index contributed by atoms with van der Waals surface area (Å²) >= 11 is 0. The zero-order valence-corrected chi connectivity index (χ0v) is 8.52. The standard InChI is InChI=1S/C11H13FNO/c1-11(2,3)13-10(14)8-4-6-9(12)7-5-8/h4-6H,1-3H3,(H,13,14). The quantitative estimate of drug-likeness (QED) is 0.729. The van der Waals surface area contributed by atoms with Crippen molar-refractivity contribution in [1.82, 2.24) is 5.32 Å². The average Bonchev–Trinajstić information content (AvgIpc) is 2.02. The second-order valence-corrected chi connectivity index (χ2v) is 4.13. The van der Waals surface area contributed by atoms with Gasteiger partial charge in [-0.3, -0.25) is 4.79 Å². The van der Waals surface area contributed by atoms with Gasteiger partial charge < -0.3 is 5.32 Å². The maximum absolute atomic E-state index is 12.5. The van der Waals surface area contributed by atoms with Crippen LogP contribution in [0.25, 0.3) is 0 Å². The zero-order valence-electron chi connectivity index (χ0n) is 8.52. The molecule has 0 aliphatic carbocycles. The van der Waals surface area contributed by atoms with Crippen LogP contribution in [0.15, 0.2) is 18.2 Å². The summed E-state index contributed by atoms with van der Waals surface area (Å²) in [7, 11) is 0. The molecule has 0 spiro atoms. The van der Waals surface area contributed by atoms with Crippen molar-refractivity contribution in [3.8, 4) is 0 Å². The summed E-state index contributed by atoms with van der Waals surface area (Å²) < 4.78 is 12.5. The summed E-state index contributed by atoms with van der Waals surface area (Å²) in [5, 5.41) is 2.77. The fraction of sp³-hybridized carbons (Fsp3) is 0.364. The minimum atomic E-state index is -0.461. The topological polar surface area (TPSA) is 29.1 Å². The first kappa shape index (κ1) is 10.7. The normalized spacial score (nSPS) is 11.1. The second-order valence-electron chi connectivity index (χ2n) is 4.13. The molecule has 1 rings (SSSR count). The summed E-state index contributed by atoms with van der Waals surface area (Å²) in [5.74, 6) is -0.675. The molecule has 1 aromatic rings. The molecule has 0 bridgehead atoms. The third-order valence-electron chi connectivity index (χ3n) is 1.53.